The zero-order chi connectivity index (χ0) is 16.3. The molecule has 124 valence electrons. The maximum atomic E-state index is 9.99. The summed E-state index contributed by atoms with van der Waals surface area (Å²) in [5.74, 6) is 1.25. The average molecular weight is 315 g/mol. The lowest BCUT2D eigenvalue weighted by molar-refractivity contribution is 0.158. The molecule has 1 aromatic carbocycles. The number of guanidine groups is 1. The van der Waals surface area contributed by atoms with E-state index in [-0.39, 0.29) is 6.54 Å². The van der Waals surface area contributed by atoms with Crippen molar-refractivity contribution in [1.82, 2.24) is 10.6 Å². The van der Waals surface area contributed by atoms with E-state index < -0.39 is 6.10 Å². The van der Waals surface area contributed by atoms with Crippen LogP contribution in [0.5, 0.6) is 0 Å². The second-order valence-corrected chi connectivity index (χ2v) is 5.27. The number of rotatable bonds is 8. The summed E-state index contributed by atoms with van der Waals surface area (Å²) in [4.78, 5) is 4.40. The molecule has 0 aliphatic rings. The highest BCUT2D eigenvalue weighted by Crippen LogP contribution is 2.12. The summed E-state index contributed by atoms with van der Waals surface area (Å²) in [6.07, 6.45) is 2.89. The highest BCUT2D eigenvalue weighted by molar-refractivity contribution is 5.79. The smallest absolute Gasteiger partial charge is 0.191 e. The van der Waals surface area contributed by atoms with Crippen molar-refractivity contribution in [3.05, 3.63) is 60.1 Å². The summed E-state index contributed by atoms with van der Waals surface area (Å²) >= 11 is 0. The molecule has 2 rings (SSSR count). The van der Waals surface area contributed by atoms with E-state index in [0.29, 0.717) is 11.7 Å². The van der Waals surface area contributed by atoms with Crippen LogP contribution in [-0.2, 0) is 6.42 Å². The first-order valence-electron chi connectivity index (χ1n) is 8.07. The number of hydrogen-bond donors (Lipinski definition) is 3. The molecule has 0 aliphatic carbocycles. The second kappa shape index (κ2) is 9.69. The van der Waals surface area contributed by atoms with Crippen LogP contribution in [0.25, 0.3) is 0 Å². The van der Waals surface area contributed by atoms with Gasteiger partial charge in [0.25, 0.3) is 0 Å². The Labute approximate surface area is 137 Å². The molecule has 0 radical (unpaired) electrons. The molecule has 0 spiro atoms. The van der Waals surface area contributed by atoms with Crippen LogP contribution in [0.15, 0.2) is 58.1 Å². The van der Waals surface area contributed by atoms with Crippen LogP contribution in [-0.4, -0.2) is 30.7 Å². The van der Waals surface area contributed by atoms with Gasteiger partial charge in [-0.15, -0.1) is 0 Å². The largest absolute Gasteiger partial charge is 0.467 e. The third-order valence-electron chi connectivity index (χ3n) is 3.42. The van der Waals surface area contributed by atoms with Gasteiger partial charge in [-0.2, -0.15) is 0 Å². The molecule has 0 amide bonds. The molecule has 0 bridgehead atoms. The number of benzene rings is 1. The van der Waals surface area contributed by atoms with Gasteiger partial charge in [0.05, 0.1) is 12.8 Å². The number of hydrogen-bond acceptors (Lipinski definition) is 3. The first-order chi connectivity index (χ1) is 11.3. The van der Waals surface area contributed by atoms with Crippen molar-refractivity contribution in [2.45, 2.75) is 25.9 Å². The van der Waals surface area contributed by atoms with Crippen molar-refractivity contribution >= 4 is 5.96 Å². The standard InChI is InChI=1S/C18H25N3O2/c1-2-19-18(21-14-16(22)17-11-7-13-23-17)20-12-6-10-15-8-4-3-5-9-15/h3-5,7-9,11,13,16,22H,2,6,10,12,14H2,1H3,(H2,19,20,21). The van der Waals surface area contributed by atoms with E-state index >= 15 is 0 Å². The number of aliphatic hydroxyl groups excluding tert-OH is 1. The summed E-state index contributed by atoms with van der Waals surface area (Å²) in [5.41, 5.74) is 1.34. The maximum Gasteiger partial charge on any atom is 0.191 e. The molecule has 0 saturated carbocycles. The molecule has 1 aromatic heterocycles. The first kappa shape index (κ1) is 17.1. The number of nitrogens with zero attached hydrogens (tertiary/aromatic N) is 1. The van der Waals surface area contributed by atoms with Crippen LogP contribution in [0.4, 0.5) is 0 Å². The van der Waals surface area contributed by atoms with E-state index in [2.05, 4.69) is 39.9 Å². The molecule has 1 atom stereocenters. The number of furan rings is 1. The van der Waals surface area contributed by atoms with Gasteiger partial charge in [0.1, 0.15) is 11.9 Å². The Balaban J connectivity index is 1.75. The van der Waals surface area contributed by atoms with Crippen molar-refractivity contribution in [2.24, 2.45) is 4.99 Å². The highest BCUT2D eigenvalue weighted by atomic mass is 16.4. The zero-order valence-electron chi connectivity index (χ0n) is 13.5. The lowest BCUT2D eigenvalue weighted by Gasteiger charge is -2.12. The Kier molecular flexibility index (Phi) is 7.20. The molecule has 23 heavy (non-hydrogen) atoms. The summed E-state index contributed by atoms with van der Waals surface area (Å²) < 4.78 is 5.17. The van der Waals surface area contributed by atoms with Crippen molar-refractivity contribution in [2.75, 3.05) is 19.6 Å². The molecular weight excluding hydrogens is 290 g/mol. The summed E-state index contributed by atoms with van der Waals surface area (Å²) in [6.45, 7) is 3.89. The Bertz CT molecular complexity index is 567. The fourth-order valence-electron chi connectivity index (χ4n) is 2.23. The molecular formula is C18H25N3O2. The van der Waals surface area contributed by atoms with E-state index in [1.165, 1.54) is 5.56 Å². The van der Waals surface area contributed by atoms with Crippen LogP contribution in [0.3, 0.4) is 0 Å². The van der Waals surface area contributed by atoms with Gasteiger partial charge in [-0.25, -0.2) is 0 Å². The Morgan fingerprint density at radius 2 is 2.00 bits per heavy atom. The van der Waals surface area contributed by atoms with Crippen LogP contribution in [0.1, 0.15) is 30.8 Å². The van der Waals surface area contributed by atoms with Crippen LogP contribution < -0.4 is 10.6 Å². The number of aliphatic hydroxyl groups is 1. The summed E-state index contributed by atoms with van der Waals surface area (Å²) in [5, 5.41) is 16.5. The van der Waals surface area contributed by atoms with Crippen LogP contribution >= 0.6 is 0 Å². The molecule has 2 aromatic rings. The van der Waals surface area contributed by atoms with E-state index in [1.807, 2.05) is 13.0 Å². The fourth-order valence-corrected chi connectivity index (χ4v) is 2.23. The van der Waals surface area contributed by atoms with E-state index in [1.54, 1.807) is 18.4 Å². The normalized spacial score (nSPS) is 12.9. The fraction of sp³-hybridized carbons (Fsp3) is 0.389. The van der Waals surface area contributed by atoms with E-state index in [0.717, 1.165) is 25.9 Å². The maximum absolute atomic E-state index is 9.99. The third-order valence-corrected chi connectivity index (χ3v) is 3.42. The molecule has 3 N–H and O–H groups in total. The predicted molar refractivity (Wildman–Crippen MR) is 92.4 cm³/mol. The summed E-state index contributed by atoms with van der Waals surface area (Å²) in [7, 11) is 0. The second-order valence-electron chi connectivity index (χ2n) is 5.27. The summed E-state index contributed by atoms with van der Waals surface area (Å²) in [6, 6.07) is 13.9. The van der Waals surface area contributed by atoms with E-state index in [4.69, 9.17) is 4.42 Å². The number of aliphatic imine (C=N–C) groups is 1. The molecule has 1 unspecified atom stereocenters. The minimum atomic E-state index is -0.718. The van der Waals surface area contributed by atoms with Crippen LogP contribution in [0.2, 0.25) is 0 Å². The third kappa shape index (κ3) is 6.16. The van der Waals surface area contributed by atoms with Gasteiger partial charge in [0, 0.05) is 13.1 Å². The Morgan fingerprint density at radius 3 is 2.70 bits per heavy atom. The van der Waals surface area contributed by atoms with Gasteiger partial charge in [-0.05, 0) is 37.5 Å². The number of aryl methyl sites for hydroxylation is 1. The van der Waals surface area contributed by atoms with Crippen molar-refractivity contribution in [1.29, 1.82) is 0 Å². The SMILES string of the molecule is CCNC(=NCC(O)c1ccco1)NCCCc1ccccc1. The topological polar surface area (TPSA) is 69.8 Å². The molecule has 0 aliphatic heterocycles. The van der Waals surface area contributed by atoms with Gasteiger partial charge >= 0.3 is 0 Å². The zero-order valence-corrected chi connectivity index (χ0v) is 13.5. The van der Waals surface area contributed by atoms with Gasteiger partial charge in [-0.3, -0.25) is 4.99 Å². The monoisotopic (exact) mass is 315 g/mol. The van der Waals surface area contributed by atoms with Gasteiger partial charge in [-0.1, -0.05) is 30.3 Å². The van der Waals surface area contributed by atoms with Gasteiger partial charge < -0.3 is 20.2 Å². The molecule has 0 saturated heterocycles. The Hall–Kier alpha value is -2.27. The molecule has 5 heteroatoms. The van der Waals surface area contributed by atoms with Gasteiger partial charge in [0.2, 0.25) is 0 Å². The Morgan fingerprint density at radius 1 is 1.17 bits per heavy atom. The molecule has 5 nitrogen and oxygen atoms in total. The first-order valence-corrected chi connectivity index (χ1v) is 8.07. The lowest BCUT2D eigenvalue weighted by atomic mass is 10.1. The van der Waals surface area contributed by atoms with Crippen molar-refractivity contribution in [3.63, 3.8) is 0 Å². The minimum Gasteiger partial charge on any atom is -0.467 e. The van der Waals surface area contributed by atoms with Crippen molar-refractivity contribution in [3.8, 4) is 0 Å². The minimum absolute atomic E-state index is 0.265. The predicted octanol–water partition coefficient (Wildman–Crippen LogP) is 2.50. The van der Waals surface area contributed by atoms with E-state index in [9.17, 15) is 5.11 Å². The lowest BCUT2D eigenvalue weighted by Crippen LogP contribution is -2.38. The quantitative estimate of drug-likeness (QED) is 0.398. The molecule has 0 fully saturated rings. The van der Waals surface area contributed by atoms with Gasteiger partial charge in [0.15, 0.2) is 5.96 Å². The molecule has 1 heterocycles. The average Bonchev–Trinajstić information content (AvgIpc) is 3.11. The number of nitrogens with one attached hydrogen (secondary N) is 2. The van der Waals surface area contributed by atoms with Crippen LogP contribution in [0, 0.1) is 0 Å². The van der Waals surface area contributed by atoms with Crippen molar-refractivity contribution < 1.29 is 9.52 Å². The highest BCUT2D eigenvalue weighted by Gasteiger charge is 2.09.